The van der Waals surface area contributed by atoms with E-state index in [0.29, 0.717) is 11.6 Å². The fourth-order valence-corrected chi connectivity index (χ4v) is 3.70. The fraction of sp³-hybridized carbons (Fsp3) is 0.353. The third-order valence-corrected chi connectivity index (χ3v) is 5.38. The monoisotopic (exact) mass is 342 g/mol. The molecule has 1 amide bonds. The van der Waals surface area contributed by atoms with Crippen molar-refractivity contribution in [1.82, 2.24) is 14.6 Å². The van der Waals surface area contributed by atoms with Gasteiger partial charge in [0.1, 0.15) is 6.10 Å². The average Bonchev–Trinajstić information content (AvgIpc) is 3.25. The van der Waals surface area contributed by atoms with Crippen LogP contribution in [0.3, 0.4) is 0 Å². The molecule has 1 saturated carbocycles. The number of anilines is 1. The Morgan fingerprint density at radius 2 is 2.12 bits per heavy atom. The van der Waals surface area contributed by atoms with Gasteiger partial charge in [-0.25, -0.2) is 14.3 Å². The summed E-state index contributed by atoms with van der Waals surface area (Å²) >= 11 is 1.53. The Kier molecular flexibility index (Phi) is 3.72. The molecule has 2 aromatic heterocycles. The van der Waals surface area contributed by atoms with Gasteiger partial charge in [-0.1, -0.05) is 29.5 Å². The highest BCUT2D eigenvalue weighted by atomic mass is 32.1. The summed E-state index contributed by atoms with van der Waals surface area (Å²) in [6, 6.07) is 9.26. The highest BCUT2D eigenvalue weighted by Crippen LogP contribution is 2.39. The molecule has 1 unspecified atom stereocenters. The number of carbonyl (C=O) groups excluding carboxylic acids is 1. The minimum absolute atomic E-state index is 0.355. The molecule has 0 saturated heterocycles. The number of amides is 1. The van der Waals surface area contributed by atoms with Crippen LogP contribution >= 0.6 is 11.3 Å². The lowest BCUT2D eigenvalue weighted by Crippen LogP contribution is -2.16. The molecule has 0 bridgehead atoms. The predicted octanol–water partition coefficient (Wildman–Crippen LogP) is 4.29. The largest absolute Gasteiger partial charge is 0.440 e. The first-order valence-electron chi connectivity index (χ1n) is 8.00. The van der Waals surface area contributed by atoms with E-state index >= 15 is 0 Å². The maximum atomic E-state index is 12.0. The Morgan fingerprint density at radius 1 is 1.38 bits per heavy atom. The fourth-order valence-electron chi connectivity index (χ4n) is 2.65. The van der Waals surface area contributed by atoms with E-state index < -0.39 is 6.09 Å². The van der Waals surface area contributed by atoms with Gasteiger partial charge in [-0.2, -0.15) is 5.10 Å². The van der Waals surface area contributed by atoms with Gasteiger partial charge in [-0.3, -0.25) is 5.32 Å². The van der Waals surface area contributed by atoms with Crippen LogP contribution in [0.25, 0.3) is 4.96 Å². The number of para-hydroxylation sites is 1. The number of rotatable bonds is 4. The molecular formula is C17H18N4O2S. The van der Waals surface area contributed by atoms with Gasteiger partial charge in [0.2, 0.25) is 4.96 Å². The Morgan fingerprint density at radius 3 is 2.79 bits per heavy atom. The molecule has 6 nitrogen and oxygen atoms in total. The van der Waals surface area contributed by atoms with E-state index in [-0.39, 0.29) is 6.10 Å². The van der Waals surface area contributed by atoms with Crippen molar-refractivity contribution in [1.29, 1.82) is 0 Å². The highest BCUT2D eigenvalue weighted by molar-refractivity contribution is 7.17. The van der Waals surface area contributed by atoms with Crippen LogP contribution in [0, 0.1) is 6.92 Å². The topological polar surface area (TPSA) is 68.5 Å². The minimum Gasteiger partial charge on any atom is -0.440 e. The molecule has 0 spiro atoms. The first kappa shape index (κ1) is 15.1. The summed E-state index contributed by atoms with van der Waals surface area (Å²) in [4.78, 5) is 18.5. The molecule has 1 N–H and O–H groups in total. The van der Waals surface area contributed by atoms with Crippen LogP contribution in [0.4, 0.5) is 10.5 Å². The molecule has 0 radical (unpaired) electrons. The average molecular weight is 342 g/mol. The minimum atomic E-state index is -0.467. The zero-order valence-corrected chi connectivity index (χ0v) is 14.3. The number of thiazole rings is 1. The molecule has 1 aliphatic rings. The van der Waals surface area contributed by atoms with E-state index in [9.17, 15) is 4.79 Å². The Balaban J connectivity index is 1.48. The number of hydrogen-bond acceptors (Lipinski definition) is 5. The van der Waals surface area contributed by atoms with Crippen LogP contribution in [0.1, 0.15) is 48.2 Å². The van der Waals surface area contributed by atoms with Crippen LogP contribution < -0.4 is 5.32 Å². The normalized spacial score (nSPS) is 15.4. The van der Waals surface area contributed by atoms with E-state index in [4.69, 9.17) is 4.74 Å². The third-order valence-electron chi connectivity index (χ3n) is 4.09. The first-order chi connectivity index (χ1) is 11.6. The molecule has 1 fully saturated rings. The van der Waals surface area contributed by atoms with Gasteiger partial charge < -0.3 is 4.74 Å². The van der Waals surface area contributed by atoms with Gasteiger partial charge in [-0.05, 0) is 38.8 Å². The van der Waals surface area contributed by atoms with Crippen LogP contribution in [0.2, 0.25) is 0 Å². The highest BCUT2D eigenvalue weighted by Gasteiger charge is 2.29. The number of aryl methyl sites for hydroxylation is 1. The SMILES string of the molecule is Cc1c(C(C)OC(=O)Nc2ccccc2)sc2nc(C3CC3)nn12. The molecule has 1 aromatic carbocycles. The Labute approximate surface area is 143 Å². The van der Waals surface area contributed by atoms with Crippen LogP contribution in [0.5, 0.6) is 0 Å². The van der Waals surface area contributed by atoms with Crippen molar-refractivity contribution in [2.24, 2.45) is 0 Å². The zero-order valence-electron chi connectivity index (χ0n) is 13.5. The van der Waals surface area contributed by atoms with Crippen LogP contribution in [0.15, 0.2) is 30.3 Å². The number of fused-ring (bicyclic) bond motifs is 1. The number of nitrogens with zero attached hydrogens (tertiary/aromatic N) is 3. The van der Waals surface area contributed by atoms with Crippen molar-refractivity contribution < 1.29 is 9.53 Å². The van der Waals surface area contributed by atoms with Crippen molar-refractivity contribution in [3.8, 4) is 0 Å². The molecule has 3 aromatic rings. The van der Waals surface area contributed by atoms with E-state index in [1.165, 1.54) is 24.2 Å². The van der Waals surface area contributed by atoms with E-state index in [1.807, 2.05) is 48.7 Å². The van der Waals surface area contributed by atoms with Gasteiger partial charge in [0, 0.05) is 11.6 Å². The van der Waals surface area contributed by atoms with Gasteiger partial charge >= 0.3 is 6.09 Å². The summed E-state index contributed by atoms with van der Waals surface area (Å²) in [6.07, 6.45) is 1.54. The molecule has 24 heavy (non-hydrogen) atoms. The Hall–Kier alpha value is -2.41. The summed E-state index contributed by atoms with van der Waals surface area (Å²) in [6.45, 7) is 3.85. The Bertz CT molecular complexity index is 883. The second kappa shape index (κ2) is 5.90. The molecular weight excluding hydrogens is 324 g/mol. The van der Waals surface area contributed by atoms with E-state index in [1.54, 1.807) is 0 Å². The van der Waals surface area contributed by atoms with Crippen molar-refractivity contribution in [3.05, 3.63) is 46.7 Å². The lowest BCUT2D eigenvalue weighted by Gasteiger charge is -2.13. The maximum Gasteiger partial charge on any atom is 0.412 e. The molecule has 1 atom stereocenters. The zero-order chi connectivity index (χ0) is 16.7. The maximum absolute atomic E-state index is 12.0. The molecule has 1 aliphatic carbocycles. The number of ether oxygens (including phenoxy) is 1. The standard InChI is InChI=1S/C17H18N4O2S/c1-10-14(24-16-19-15(12-8-9-12)20-21(10)16)11(2)23-17(22)18-13-6-4-3-5-7-13/h3-7,11-12H,8-9H2,1-2H3,(H,18,22). The van der Waals surface area contributed by atoms with Gasteiger partial charge in [-0.15, -0.1) is 0 Å². The smallest absolute Gasteiger partial charge is 0.412 e. The molecule has 0 aliphatic heterocycles. The predicted molar refractivity (Wildman–Crippen MR) is 92.5 cm³/mol. The molecule has 7 heteroatoms. The van der Waals surface area contributed by atoms with E-state index in [0.717, 1.165) is 21.4 Å². The quantitative estimate of drug-likeness (QED) is 0.768. The molecule has 2 heterocycles. The van der Waals surface area contributed by atoms with Gasteiger partial charge in [0.15, 0.2) is 5.82 Å². The number of hydrogen-bond donors (Lipinski definition) is 1. The number of benzene rings is 1. The second-order valence-electron chi connectivity index (χ2n) is 6.03. The third kappa shape index (κ3) is 2.87. The van der Waals surface area contributed by atoms with Crippen LogP contribution in [-0.4, -0.2) is 20.7 Å². The molecule has 124 valence electrons. The summed E-state index contributed by atoms with van der Waals surface area (Å²) in [5, 5.41) is 7.31. The lowest BCUT2D eigenvalue weighted by molar-refractivity contribution is 0.122. The second-order valence-corrected chi connectivity index (χ2v) is 7.04. The van der Waals surface area contributed by atoms with Crippen molar-refractivity contribution >= 4 is 28.1 Å². The van der Waals surface area contributed by atoms with Gasteiger partial charge in [0.05, 0.1) is 10.6 Å². The summed E-state index contributed by atoms with van der Waals surface area (Å²) in [7, 11) is 0. The van der Waals surface area contributed by atoms with Crippen molar-refractivity contribution in [3.63, 3.8) is 0 Å². The summed E-state index contributed by atoms with van der Waals surface area (Å²) in [5.74, 6) is 1.47. The molecule has 4 rings (SSSR count). The van der Waals surface area contributed by atoms with Crippen molar-refractivity contribution in [2.75, 3.05) is 5.32 Å². The number of aromatic nitrogens is 3. The van der Waals surface area contributed by atoms with Crippen molar-refractivity contribution in [2.45, 2.75) is 38.7 Å². The number of nitrogens with one attached hydrogen (secondary N) is 1. The lowest BCUT2D eigenvalue weighted by atomic mass is 10.3. The first-order valence-corrected chi connectivity index (χ1v) is 8.82. The van der Waals surface area contributed by atoms with Crippen LogP contribution in [-0.2, 0) is 4.74 Å². The van der Waals surface area contributed by atoms with E-state index in [2.05, 4.69) is 15.4 Å². The summed E-state index contributed by atoms with van der Waals surface area (Å²) in [5.41, 5.74) is 1.69. The summed E-state index contributed by atoms with van der Waals surface area (Å²) < 4.78 is 7.37. The van der Waals surface area contributed by atoms with Gasteiger partial charge in [0.25, 0.3) is 0 Å². The number of carbonyl (C=O) groups is 1.